The van der Waals surface area contributed by atoms with Crippen LogP contribution in [0.15, 0.2) is 35.0 Å². The predicted octanol–water partition coefficient (Wildman–Crippen LogP) is 4.42. The molecule has 11 heteroatoms. The molecule has 0 spiro atoms. The lowest BCUT2D eigenvalue weighted by Gasteiger charge is -2.27. The Bertz CT molecular complexity index is 1500. The number of rotatable bonds is 7. The van der Waals surface area contributed by atoms with Gasteiger partial charge in [-0.1, -0.05) is 0 Å². The quantitative estimate of drug-likeness (QED) is 0.329. The van der Waals surface area contributed by atoms with Crippen LogP contribution in [0, 0.1) is 19.7 Å². The first kappa shape index (κ1) is 27.7. The summed E-state index contributed by atoms with van der Waals surface area (Å²) >= 11 is 1.43. The molecule has 2 heterocycles. The van der Waals surface area contributed by atoms with E-state index < -0.39 is 32.7 Å². The third-order valence-electron chi connectivity index (χ3n) is 7.11. The van der Waals surface area contributed by atoms with Gasteiger partial charge in [-0.3, -0.25) is 14.4 Å². The van der Waals surface area contributed by atoms with Crippen LogP contribution in [0.2, 0.25) is 0 Å². The highest BCUT2D eigenvalue weighted by Crippen LogP contribution is 2.33. The standard InChI is InChI=1S/C27H30FN3O5S2/c1-15-13-19(7-10-21(15)28)30-26(33)22-16(2)23(31(3)24(22)17-11-12-37-14-17)25(32)27(34)29-18-5-8-20(9-6-18)38(4,35)36/h7,10-14,18,20H,5-6,8-9H2,1-4H3,(H,29,34)(H,30,33). The molecule has 1 aromatic carbocycles. The summed E-state index contributed by atoms with van der Waals surface area (Å²) in [5.41, 5.74) is 2.69. The van der Waals surface area contributed by atoms with E-state index in [-0.39, 0.29) is 23.1 Å². The van der Waals surface area contributed by atoms with Crippen molar-refractivity contribution in [3.8, 4) is 11.3 Å². The zero-order valence-corrected chi connectivity index (χ0v) is 23.3. The second-order valence-corrected chi connectivity index (χ2v) is 12.9. The number of nitrogens with zero attached hydrogens (tertiary/aromatic N) is 1. The molecule has 0 atom stereocenters. The normalized spacial score (nSPS) is 17.7. The Kier molecular flexibility index (Phi) is 7.89. The molecule has 0 saturated heterocycles. The topological polar surface area (TPSA) is 114 Å². The van der Waals surface area contributed by atoms with E-state index in [2.05, 4.69) is 10.6 Å². The second kappa shape index (κ2) is 10.8. The number of sulfone groups is 1. The zero-order valence-electron chi connectivity index (χ0n) is 21.6. The van der Waals surface area contributed by atoms with Gasteiger partial charge in [0, 0.05) is 36.0 Å². The SMILES string of the molecule is Cc1cc(NC(=O)c2c(C)c(C(=O)C(=O)NC3CCC(S(C)(=O)=O)CC3)n(C)c2-c2ccsc2)ccc1F. The maximum Gasteiger partial charge on any atom is 0.294 e. The minimum atomic E-state index is -3.15. The van der Waals surface area contributed by atoms with Crippen LogP contribution in [0.1, 0.15) is 57.7 Å². The number of hydrogen-bond acceptors (Lipinski definition) is 6. The Morgan fingerprint density at radius 2 is 1.76 bits per heavy atom. The maximum atomic E-state index is 13.7. The summed E-state index contributed by atoms with van der Waals surface area (Å²) in [7, 11) is -1.51. The highest BCUT2D eigenvalue weighted by molar-refractivity contribution is 7.91. The van der Waals surface area contributed by atoms with Gasteiger partial charge in [-0.2, -0.15) is 11.3 Å². The number of nitrogens with one attached hydrogen (secondary N) is 2. The molecule has 2 N–H and O–H groups in total. The van der Waals surface area contributed by atoms with E-state index in [1.54, 1.807) is 25.5 Å². The van der Waals surface area contributed by atoms with Gasteiger partial charge < -0.3 is 15.2 Å². The highest BCUT2D eigenvalue weighted by Gasteiger charge is 2.33. The first-order valence-corrected chi connectivity index (χ1v) is 15.1. The molecule has 0 unspecified atom stereocenters. The number of ketones is 1. The van der Waals surface area contributed by atoms with E-state index in [1.165, 1.54) is 35.8 Å². The molecule has 1 saturated carbocycles. The van der Waals surface area contributed by atoms with Crippen LogP contribution in [-0.4, -0.2) is 48.1 Å². The molecule has 8 nitrogen and oxygen atoms in total. The highest BCUT2D eigenvalue weighted by atomic mass is 32.2. The van der Waals surface area contributed by atoms with Gasteiger partial charge in [0.05, 0.1) is 22.2 Å². The smallest absolute Gasteiger partial charge is 0.294 e. The average Bonchev–Trinajstić information content (AvgIpc) is 3.46. The van der Waals surface area contributed by atoms with Crippen molar-refractivity contribution in [1.29, 1.82) is 0 Å². The van der Waals surface area contributed by atoms with Gasteiger partial charge in [-0.15, -0.1) is 0 Å². The molecule has 2 amide bonds. The number of halogens is 1. The van der Waals surface area contributed by atoms with Crippen molar-refractivity contribution >= 4 is 44.5 Å². The molecule has 38 heavy (non-hydrogen) atoms. The number of aryl methyl sites for hydroxylation is 1. The first-order valence-electron chi connectivity index (χ1n) is 12.2. The van der Waals surface area contributed by atoms with Crippen molar-refractivity contribution in [3.05, 3.63) is 63.2 Å². The lowest BCUT2D eigenvalue weighted by molar-refractivity contribution is -0.117. The molecule has 1 fully saturated rings. The van der Waals surface area contributed by atoms with Crippen molar-refractivity contribution in [2.45, 2.75) is 50.8 Å². The summed E-state index contributed by atoms with van der Waals surface area (Å²) in [6.45, 7) is 3.22. The number of benzene rings is 1. The number of thiophene rings is 1. The molecular formula is C27H30FN3O5S2. The summed E-state index contributed by atoms with van der Waals surface area (Å²) in [5, 5.41) is 8.81. The minimum Gasteiger partial charge on any atom is -0.346 e. The second-order valence-electron chi connectivity index (χ2n) is 9.79. The van der Waals surface area contributed by atoms with Crippen LogP contribution in [-0.2, 0) is 21.7 Å². The summed E-state index contributed by atoms with van der Waals surface area (Å²) < 4.78 is 38.9. The maximum absolute atomic E-state index is 13.7. The van der Waals surface area contributed by atoms with E-state index in [0.717, 1.165) is 5.56 Å². The number of hydrogen-bond donors (Lipinski definition) is 2. The Morgan fingerprint density at radius 1 is 1.08 bits per heavy atom. The molecular weight excluding hydrogens is 529 g/mol. The van der Waals surface area contributed by atoms with Gasteiger partial charge in [0.25, 0.3) is 17.6 Å². The lowest BCUT2D eigenvalue weighted by Crippen LogP contribution is -2.43. The van der Waals surface area contributed by atoms with Crippen LogP contribution in [0.4, 0.5) is 10.1 Å². The molecule has 1 aliphatic rings. The Morgan fingerprint density at radius 3 is 2.34 bits per heavy atom. The number of carbonyl (C=O) groups is 3. The van der Waals surface area contributed by atoms with Crippen LogP contribution in [0.3, 0.4) is 0 Å². The fourth-order valence-electron chi connectivity index (χ4n) is 5.07. The van der Waals surface area contributed by atoms with Gasteiger partial charge in [-0.05, 0) is 80.3 Å². The van der Waals surface area contributed by atoms with Crippen LogP contribution in [0.25, 0.3) is 11.3 Å². The molecule has 2 aromatic heterocycles. The minimum absolute atomic E-state index is 0.0916. The van der Waals surface area contributed by atoms with E-state index in [9.17, 15) is 27.2 Å². The Hall–Kier alpha value is -3.31. The van der Waals surface area contributed by atoms with Crippen molar-refractivity contribution in [1.82, 2.24) is 9.88 Å². The third kappa shape index (κ3) is 5.58. The average molecular weight is 560 g/mol. The summed E-state index contributed by atoms with van der Waals surface area (Å²) in [5.74, 6) is -2.44. The number of amides is 2. The van der Waals surface area contributed by atoms with Gasteiger partial charge in [-0.25, -0.2) is 12.8 Å². The van der Waals surface area contributed by atoms with E-state index in [1.807, 2.05) is 16.8 Å². The molecule has 0 bridgehead atoms. The predicted molar refractivity (Wildman–Crippen MR) is 146 cm³/mol. The summed E-state index contributed by atoms with van der Waals surface area (Å²) in [6, 6.07) is 5.78. The molecule has 3 aromatic rings. The van der Waals surface area contributed by atoms with Gasteiger partial charge in [0.15, 0.2) is 0 Å². The van der Waals surface area contributed by atoms with Crippen LogP contribution < -0.4 is 10.6 Å². The fourth-order valence-corrected chi connectivity index (χ4v) is 6.84. The van der Waals surface area contributed by atoms with Crippen LogP contribution in [0.5, 0.6) is 0 Å². The molecule has 1 aliphatic carbocycles. The van der Waals surface area contributed by atoms with Crippen LogP contribution >= 0.6 is 11.3 Å². The Balaban J connectivity index is 1.62. The van der Waals surface area contributed by atoms with Crippen molar-refractivity contribution in [2.24, 2.45) is 7.05 Å². The van der Waals surface area contributed by atoms with Gasteiger partial charge in [0.1, 0.15) is 15.7 Å². The largest absolute Gasteiger partial charge is 0.346 e. The molecule has 4 rings (SSSR count). The number of aromatic nitrogens is 1. The van der Waals surface area contributed by atoms with Crippen molar-refractivity contribution in [3.63, 3.8) is 0 Å². The van der Waals surface area contributed by atoms with Crippen molar-refractivity contribution < 1.29 is 27.2 Å². The fraction of sp³-hybridized carbons (Fsp3) is 0.370. The monoisotopic (exact) mass is 559 g/mol. The lowest BCUT2D eigenvalue weighted by atomic mass is 9.94. The molecule has 0 radical (unpaired) electrons. The number of anilines is 1. The number of carbonyl (C=O) groups excluding carboxylic acids is 3. The third-order valence-corrected chi connectivity index (χ3v) is 9.48. The molecule has 202 valence electrons. The molecule has 0 aliphatic heterocycles. The van der Waals surface area contributed by atoms with E-state index >= 15 is 0 Å². The van der Waals surface area contributed by atoms with Crippen molar-refractivity contribution in [2.75, 3.05) is 11.6 Å². The summed E-state index contributed by atoms with van der Waals surface area (Å²) in [6.07, 6.45) is 3.00. The Labute approximate surface area is 225 Å². The zero-order chi connectivity index (χ0) is 27.8. The summed E-state index contributed by atoms with van der Waals surface area (Å²) in [4.78, 5) is 39.8. The van der Waals surface area contributed by atoms with E-state index in [4.69, 9.17) is 0 Å². The first-order chi connectivity index (χ1) is 17.9. The number of Topliss-reactive ketones (excluding diaryl/α,β-unsaturated/α-hetero) is 1. The van der Waals surface area contributed by atoms with E-state index in [0.29, 0.717) is 48.2 Å². The van der Waals surface area contributed by atoms with Gasteiger partial charge >= 0.3 is 0 Å². The van der Waals surface area contributed by atoms with Gasteiger partial charge in [0.2, 0.25) is 0 Å².